The monoisotopic (exact) mass is 260 g/mol. The van der Waals surface area contributed by atoms with Gasteiger partial charge in [-0.15, -0.1) is 0 Å². The molecule has 0 aliphatic rings. The van der Waals surface area contributed by atoms with Gasteiger partial charge in [0, 0.05) is 19.8 Å². The first kappa shape index (κ1) is 12.9. The fraction of sp³-hybridized carbons (Fsp3) is 0.231. The third-order valence-electron chi connectivity index (χ3n) is 2.79. The van der Waals surface area contributed by atoms with Gasteiger partial charge in [0.1, 0.15) is 0 Å². The molecule has 0 amide bonds. The predicted molar refractivity (Wildman–Crippen MR) is 73.2 cm³/mol. The second-order valence-corrected chi connectivity index (χ2v) is 4.31. The van der Waals surface area contributed by atoms with Gasteiger partial charge in [-0.05, 0) is 30.2 Å². The summed E-state index contributed by atoms with van der Waals surface area (Å²) in [6.07, 6.45) is 4.54. The largest absolute Gasteiger partial charge is 0.478 e. The van der Waals surface area contributed by atoms with E-state index < -0.39 is 5.97 Å². The number of aromatic carboxylic acids is 1. The van der Waals surface area contributed by atoms with Crippen molar-refractivity contribution in [3.63, 3.8) is 0 Å². The molecule has 0 radical (unpaired) electrons. The molecule has 0 aliphatic heterocycles. The molecule has 0 atom stereocenters. The zero-order chi connectivity index (χ0) is 13.8. The van der Waals surface area contributed by atoms with Crippen LogP contribution in [0.5, 0.6) is 0 Å². The summed E-state index contributed by atoms with van der Waals surface area (Å²) in [4.78, 5) is 10.9. The molecule has 0 spiro atoms. The van der Waals surface area contributed by atoms with E-state index in [-0.39, 0.29) is 5.56 Å². The first-order valence-corrected chi connectivity index (χ1v) is 5.90. The molecule has 0 bridgehead atoms. The van der Waals surface area contributed by atoms with Crippen molar-refractivity contribution in [2.75, 3.05) is 17.6 Å². The van der Waals surface area contributed by atoms with Gasteiger partial charge in [0.25, 0.3) is 0 Å². The number of nitrogens with two attached hydrogens (primary N) is 1. The molecule has 1 aromatic heterocycles. The zero-order valence-corrected chi connectivity index (χ0v) is 10.6. The first-order valence-electron chi connectivity index (χ1n) is 5.90. The SMILES string of the molecule is Cn1cc(CCNc2cc(C(=O)O)ccc2N)cn1. The summed E-state index contributed by atoms with van der Waals surface area (Å²) < 4.78 is 1.74. The minimum absolute atomic E-state index is 0.220. The molecule has 2 aromatic rings. The Hall–Kier alpha value is -2.50. The molecule has 0 saturated carbocycles. The molecule has 4 N–H and O–H groups in total. The lowest BCUT2D eigenvalue weighted by Gasteiger charge is -2.09. The normalized spacial score (nSPS) is 10.4. The van der Waals surface area contributed by atoms with E-state index in [1.165, 1.54) is 6.07 Å². The second kappa shape index (κ2) is 5.43. The standard InChI is InChI=1S/C13H16N4O2/c1-17-8-9(7-16-17)4-5-15-12-6-10(13(18)19)2-3-11(12)14/h2-3,6-8,15H,4-5,14H2,1H3,(H,18,19). The molecule has 1 aromatic carbocycles. The number of carboxylic acid groups (broad SMARTS) is 1. The van der Waals surface area contributed by atoms with E-state index in [1.807, 2.05) is 13.2 Å². The molecule has 0 fully saturated rings. The van der Waals surface area contributed by atoms with Gasteiger partial charge in [-0.1, -0.05) is 0 Å². The van der Waals surface area contributed by atoms with Gasteiger partial charge in [-0.25, -0.2) is 4.79 Å². The number of nitrogen functional groups attached to an aromatic ring is 1. The molecule has 0 saturated heterocycles. The van der Waals surface area contributed by atoms with Crippen LogP contribution < -0.4 is 11.1 Å². The Morgan fingerprint density at radius 1 is 1.53 bits per heavy atom. The molecule has 6 nitrogen and oxygen atoms in total. The lowest BCUT2D eigenvalue weighted by molar-refractivity contribution is 0.0697. The molecule has 19 heavy (non-hydrogen) atoms. The van der Waals surface area contributed by atoms with E-state index in [0.29, 0.717) is 17.9 Å². The van der Waals surface area contributed by atoms with Gasteiger partial charge in [0.2, 0.25) is 0 Å². The Kier molecular flexibility index (Phi) is 3.70. The fourth-order valence-electron chi connectivity index (χ4n) is 1.78. The minimum atomic E-state index is -0.963. The summed E-state index contributed by atoms with van der Waals surface area (Å²) in [6.45, 7) is 0.666. The number of nitrogens with one attached hydrogen (secondary N) is 1. The quantitative estimate of drug-likeness (QED) is 0.706. The number of hydrogen-bond acceptors (Lipinski definition) is 4. The number of rotatable bonds is 5. The van der Waals surface area contributed by atoms with Crippen LogP contribution in [-0.4, -0.2) is 27.4 Å². The van der Waals surface area contributed by atoms with Crippen molar-refractivity contribution in [1.29, 1.82) is 0 Å². The average Bonchev–Trinajstić information content (AvgIpc) is 2.77. The maximum Gasteiger partial charge on any atom is 0.335 e. The molecule has 0 unspecified atom stereocenters. The van der Waals surface area contributed by atoms with Crippen LogP contribution in [-0.2, 0) is 13.5 Å². The Morgan fingerprint density at radius 3 is 2.95 bits per heavy atom. The molecule has 6 heteroatoms. The molecule has 100 valence electrons. The predicted octanol–water partition coefficient (Wildman–Crippen LogP) is 1.36. The van der Waals surface area contributed by atoms with Crippen molar-refractivity contribution in [2.24, 2.45) is 7.05 Å². The van der Waals surface area contributed by atoms with Crippen molar-refractivity contribution in [3.05, 3.63) is 41.7 Å². The van der Waals surface area contributed by atoms with E-state index in [9.17, 15) is 4.79 Å². The fourth-order valence-corrected chi connectivity index (χ4v) is 1.78. The van der Waals surface area contributed by atoms with E-state index >= 15 is 0 Å². The Balaban J connectivity index is 1.99. The number of anilines is 2. The van der Waals surface area contributed by atoms with Crippen molar-refractivity contribution >= 4 is 17.3 Å². The average molecular weight is 260 g/mol. The molecular formula is C13H16N4O2. The second-order valence-electron chi connectivity index (χ2n) is 4.31. The Morgan fingerprint density at radius 2 is 2.32 bits per heavy atom. The van der Waals surface area contributed by atoms with Crippen LogP contribution >= 0.6 is 0 Å². The van der Waals surface area contributed by atoms with Gasteiger partial charge in [-0.3, -0.25) is 4.68 Å². The summed E-state index contributed by atoms with van der Waals surface area (Å²) in [7, 11) is 1.87. The van der Waals surface area contributed by atoms with Gasteiger partial charge in [0.15, 0.2) is 0 Å². The highest BCUT2D eigenvalue weighted by Gasteiger charge is 2.06. The molecule has 1 heterocycles. The lowest BCUT2D eigenvalue weighted by Crippen LogP contribution is -2.08. The summed E-state index contributed by atoms with van der Waals surface area (Å²) in [5.41, 5.74) is 8.32. The molecule has 2 rings (SSSR count). The van der Waals surface area contributed by atoms with Gasteiger partial charge < -0.3 is 16.2 Å². The molecular weight excluding hydrogens is 244 g/mol. The summed E-state index contributed by atoms with van der Waals surface area (Å²) >= 11 is 0. The zero-order valence-electron chi connectivity index (χ0n) is 10.6. The van der Waals surface area contributed by atoms with Crippen molar-refractivity contribution in [1.82, 2.24) is 9.78 Å². The maximum atomic E-state index is 10.9. The van der Waals surface area contributed by atoms with Gasteiger partial charge >= 0.3 is 5.97 Å². The van der Waals surface area contributed by atoms with Crippen molar-refractivity contribution in [3.8, 4) is 0 Å². The Labute approximate surface area is 110 Å². The molecule has 0 aliphatic carbocycles. The van der Waals surface area contributed by atoms with E-state index in [4.69, 9.17) is 10.8 Å². The number of nitrogens with zero attached hydrogens (tertiary/aromatic N) is 2. The van der Waals surface area contributed by atoms with Crippen LogP contribution in [0.2, 0.25) is 0 Å². The number of aromatic nitrogens is 2. The highest BCUT2D eigenvalue weighted by molar-refractivity contribution is 5.90. The lowest BCUT2D eigenvalue weighted by atomic mass is 10.1. The smallest absolute Gasteiger partial charge is 0.335 e. The first-order chi connectivity index (χ1) is 9.06. The highest BCUT2D eigenvalue weighted by Crippen LogP contribution is 2.20. The van der Waals surface area contributed by atoms with Crippen molar-refractivity contribution < 1.29 is 9.90 Å². The third-order valence-corrected chi connectivity index (χ3v) is 2.79. The number of carboxylic acids is 1. The summed E-state index contributed by atoms with van der Waals surface area (Å²) in [5, 5.41) is 16.2. The summed E-state index contributed by atoms with van der Waals surface area (Å²) in [6, 6.07) is 4.63. The third kappa shape index (κ3) is 3.25. The van der Waals surface area contributed by atoms with Gasteiger partial charge in [0.05, 0.1) is 23.1 Å². The topological polar surface area (TPSA) is 93.2 Å². The number of benzene rings is 1. The van der Waals surface area contributed by atoms with E-state index in [1.54, 1.807) is 23.0 Å². The number of hydrogen-bond donors (Lipinski definition) is 3. The van der Waals surface area contributed by atoms with Crippen LogP contribution in [0.4, 0.5) is 11.4 Å². The van der Waals surface area contributed by atoms with E-state index in [0.717, 1.165) is 12.0 Å². The van der Waals surface area contributed by atoms with Crippen LogP contribution in [0.25, 0.3) is 0 Å². The van der Waals surface area contributed by atoms with Crippen LogP contribution in [0, 0.1) is 0 Å². The van der Waals surface area contributed by atoms with E-state index in [2.05, 4.69) is 10.4 Å². The highest BCUT2D eigenvalue weighted by atomic mass is 16.4. The van der Waals surface area contributed by atoms with Crippen LogP contribution in [0.1, 0.15) is 15.9 Å². The Bertz CT molecular complexity index is 592. The van der Waals surface area contributed by atoms with Gasteiger partial charge in [-0.2, -0.15) is 5.10 Å². The minimum Gasteiger partial charge on any atom is -0.478 e. The van der Waals surface area contributed by atoms with Crippen LogP contribution in [0.15, 0.2) is 30.6 Å². The number of aryl methyl sites for hydroxylation is 1. The maximum absolute atomic E-state index is 10.9. The number of carbonyl (C=O) groups is 1. The van der Waals surface area contributed by atoms with Crippen molar-refractivity contribution in [2.45, 2.75) is 6.42 Å². The summed E-state index contributed by atoms with van der Waals surface area (Å²) in [5.74, 6) is -0.963. The van der Waals surface area contributed by atoms with Crippen LogP contribution in [0.3, 0.4) is 0 Å².